The Balaban J connectivity index is 3.19. The first kappa shape index (κ1) is 9.46. The van der Waals surface area contributed by atoms with E-state index in [-0.39, 0.29) is 0 Å². The zero-order valence-corrected chi connectivity index (χ0v) is 7.83. The molecule has 0 atom stereocenters. The van der Waals surface area contributed by atoms with E-state index in [0.717, 1.165) is 16.8 Å². The molecule has 1 heteroatoms. The summed E-state index contributed by atoms with van der Waals surface area (Å²) in [6.07, 6.45) is 7.28. The lowest BCUT2D eigenvalue weighted by Crippen LogP contribution is -1.88. The molecule has 1 aromatic heterocycles. The topological polar surface area (TPSA) is 12.9 Å². The van der Waals surface area contributed by atoms with E-state index in [1.807, 2.05) is 31.2 Å². The molecule has 1 rings (SSSR count). The number of hydrogen-bond donors (Lipinski definition) is 0. The molecule has 0 aliphatic heterocycles. The minimum atomic E-state index is 1.01. The van der Waals surface area contributed by atoms with E-state index in [4.69, 9.17) is 0 Å². The van der Waals surface area contributed by atoms with Crippen molar-refractivity contribution in [3.05, 3.63) is 61.0 Å². The molecule has 1 nitrogen and oxygen atoms in total. The van der Waals surface area contributed by atoms with Crippen LogP contribution in [0.1, 0.15) is 11.3 Å². The highest BCUT2D eigenvalue weighted by molar-refractivity contribution is 5.75. The predicted octanol–water partition coefficient (Wildman–Crippen LogP) is 3.15. The Morgan fingerprint density at radius 1 is 1.46 bits per heavy atom. The molecule has 0 aromatic carbocycles. The zero-order valence-electron chi connectivity index (χ0n) is 7.83. The first-order valence-corrected chi connectivity index (χ1v) is 4.16. The number of pyridine rings is 1. The summed E-state index contributed by atoms with van der Waals surface area (Å²) in [4.78, 5) is 4.21. The molecule has 13 heavy (non-hydrogen) atoms. The molecule has 1 aromatic rings. The van der Waals surface area contributed by atoms with Crippen LogP contribution in [0.15, 0.2) is 49.7 Å². The van der Waals surface area contributed by atoms with Crippen molar-refractivity contribution in [2.75, 3.05) is 0 Å². The number of hydrogen-bond acceptors (Lipinski definition) is 1. The summed E-state index contributed by atoms with van der Waals surface area (Å²) in [6, 6.07) is 3.95. The molecule has 0 bridgehead atoms. The summed E-state index contributed by atoms with van der Waals surface area (Å²) in [5.74, 6) is 0. The Labute approximate surface area is 79.1 Å². The smallest absolute Gasteiger partial charge is 0.0450 e. The summed E-state index contributed by atoms with van der Waals surface area (Å²) < 4.78 is 0. The normalized spacial score (nSPS) is 11.0. The van der Waals surface area contributed by atoms with Crippen LogP contribution in [0.4, 0.5) is 0 Å². The van der Waals surface area contributed by atoms with Crippen LogP contribution in [0.2, 0.25) is 0 Å². The maximum Gasteiger partial charge on any atom is 0.0450 e. The number of allylic oxidation sites excluding steroid dienone is 4. The van der Waals surface area contributed by atoms with Gasteiger partial charge in [0.15, 0.2) is 0 Å². The van der Waals surface area contributed by atoms with Crippen LogP contribution in [0.25, 0.3) is 5.57 Å². The molecule has 0 saturated heterocycles. The van der Waals surface area contributed by atoms with Crippen LogP contribution in [-0.2, 0) is 0 Å². The summed E-state index contributed by atoms with van der Waals surface area (Å²) in [5, 5.41) is 0. The highest BCUT2D eigenvalue weighted by Gasteiger charge is 1.99. The van der Waals surface area contributed by atoms with Crippen molar-refractivity contribution in [2.45, 2.75) is 6.92 Å². The Morgan fingerprint density at radius 2 is 2.23 bits per heavy atom. The molecule has 0 aliphatic carbocycles. The van der Waals surface area contributed by atoms with Crippen LogP contribution in [-0.4, -0.2) is 4.98 Å². The average Bonchev–Trinajstić information content (AvgIpc) is 2.16. The van der Waals surface area contributed by atoms with E-state index in [2.05, 4.69) is 18.1 Å². The van der Waals surface area contributed by atoms with Gasteiger partial charge >= 0.3 is 0 Å². The van der Waals surface area contributed by atoms with Crippen LogP contribution < -0.4 is 0 Å². The third kappa shape index (κ3) is 2.15. The van der Waals surface area contributed by atoms with Crippen molar-refractivity contribution < 1.29 is 0 Å². The Morgan fingerprint density at radius 3 is 2.77 bits per heavy atom. The van der Waals surface area contributed by atoms with Crippen molar-refractivity contribution in [3.8, 4) is 0 Å². The largest absolute Gasteiger partial charge is 0.261 e. The molecule has 0 N–H and O–H groups in total. The van der Waals surface area contributed by atoms with Crippen LogP contribution >= 0.6 is 0 Å². The first-order chi connectivity index (χ1) is 6.29. The van der Waals surface area contributed by atoms with Gasteiger partial charge in [0.25, 0.3) is 0 Å². The third-order valence-electron chi connectivity index (χ3n) is 1.84. The number of rotatable bonds is 3. The molecule has 66 valence electrons. The van der Waals surface area contributed by atoms with Gasteiger partial charge in [-0.15, -0.1) is 0 Å². The minimum Gasteiger partial charge on any atom is -0.261 e. The number of aryl methyl sites for hydroxylation is 1. The van der Waals surface area contributed by atoms with Crippen molar-refractivity contribution >= 4 is 5.57 Å². The van der Waals surface area contributed by atoms with Gasteiger partial charge in [0.2, 0.25) is 0 Å². The zero-order chi connectivity index (χ0) is 9.68. The van der Waals surface area contributed by atoms with Crippen molar-refractivity contribution in [3.63, 3.8) is 0 Å². The van der Waals surface area contributed by atoms with E-state index in [0.29, 0.717) is 0 Å². The molecule has 0 saturated carbocycles. The average molecular weight is 171 g/mol. The SMILES string of the molecule is C=C/C=C(\C=C)c1cccnc1C. The molecule has 0 aliphatic rings. The second-order valence-electron chi connectivity index (χ2n) is 2.70. The maximum absolute atomic E-state index is 4.21. The van der Waals surface area contributed by atoms with Crippen molar-refractivity contribution in [1.29, 1.82) is 0 Å². The minimum absolute atomic E-state index is 1.01. The quantitative estimate of drug-likeness (QED) is 0.637. The van der Waals surface area contributed by atoms with Gasteiger partial charge in [-0.2, -0.15) is 0 Å². The lowest BCUT2D eigenvalue weighted by Gasteiger charge is -2.03. The van der Waals surface area contributed by atoms with Gasteiger partial charge in [-0.3, -0.25) is 4.98 Å². The van der Waals surface area contributed by atoms with Gasteiger partial charge in [0.05, 0.1) is 0 Å². The lowest BCUT2D eigenvalue weighted by molar-refractivity contribution is 1.18. The van der Waals surface area contributed by atoms with E-state index in [1.165, 1.54) is 0 Å². The highest BCUT2D eigenvalue weighted by atomic mass is 14.7. The molecular formula is C12H13N. The molecule has 0 amide bonds. The van der Waals surface area contributed by atoms with E-state index in [9.17, 15) is 0 Å². The van der Waals surface area contributed by atoms with E-state index in [1.54, 1.807) is 12.3 Å². The summed E-state index contributed by atoms with van der Waals surface area (Å²) >= 11 is 0. The lowest BCUT2D eigenvalue weighted by atomic mass is 10.0. The van der Waals surface area contributed by atoms with Crippen molar-refractivity contribution in [2.24, 2.45) is 0 Å². The second kappa shape index (κ2) is 4.41. The Hall–Kier alpha value is -1.63. The Bertz CT molecular complexity index is 348. The molecular weight excluding hydrogens is 158 g/mol. The van der Waals surface area contributed by atoms with Crippen LogP contribution in [0.5, 0.6) is 0 Å². The van der Waals surface area contributed by atoms with Gasteiger partial charge in [-0.05, 0) is 18.6 Å². The predicted molar refractivity (Wildman–Crippen MR) is 57.3 cm³/mol. The fraction of sp³-hybridized carbons (Fsp3) is 0.0833. The monoisotopic (exact) mass is 171 g/mol. The summed E-state index contributed by atoms with van der Waals surface area (Å²) in [5.41, 5.74) is 3.17. The molecule has 1 heterocycles. The fourth-order valence-electron chi connectivity index (χ4n) is 1.18. The summed E-state index contributed by atoms with van der Waals surface area (Å²) in [7, 11) is 0. The van der Waals surface area contributed by atoms with Crippen molar-refractivity contribution in [1.82, 2.24) is 4.98 Å². The Kier molecular flexibility index (Phi) is 3.21. The van der Waals surface area contributed by atoms with Gasteiger partial charge < -0.3 is 0 Å². The molecule has 0 fully saturated rings. The number of nitrogens with zero attached hydrogens (tertiary/aromatic N) is 1. The molecule has 0 unspecified atom stereocenters. The van der Waals surface area contributed by atoms with Gasteiger partial charge in [0, 0.05) is 17.5 Å². The maximum atomic E-state index is 4.21. The van der Waals surface area contributed by atoms with E-state index >= 15 is 0 Å². The standard InChI is InChI=1S/C12H13N/c1-4-7-11(5-2)12-8-6-9-13-10(12)3/h4-9H,1-2H2,3H3/b11-7+. The summed E-state index contributed by atoms with van der Waals surface area (Å²) in [6.45, 7) is 9.39. The van der Waals surface area contributed by atoms with Gasteiger partial charge in [-0.25, -0.2) is 0 Å². The number of aromatic nitrogens is 1. The second-order valence-corrected chi connectivity index (χ2v) is 2.70. The highest BCUT2D eigenvalue weighted by Crippen LogP contribution is 2.17. The molecule has 0 radical (unpaired) electrons. The fourth-order valence-corrected chi connectivity index (χ4v) is 1.18. The van der Waals surface area contributed by atoms with Crippen LogP contribution in [0.3, 0.4) is 0 Å². The first-order valence-electron chi connectivity index (χ1n) is 4.16. The third-order valence-corrected chi connectivity index (χ3v) is 1.84. The van der Waals surface area contributed by atoms with Gasteiger partial charge in [-0.1, -0.05) is 37.5 Å². The van der Waals surface area contributed by atoms with Gasteiger partial charge in [0.1, 0.15) is 0 Å². The molecule has 0 spiro atoms. The van der Waals surface area contributed by atoms with Crippen LogP contribution in [0, 0.1) is 6.92 Å². The van der Waals surface area contributed by atoms with E-state index < -0.39 is 0 Å².